The molecule has 0 aliphatic rings. The third-order valence-corrected chi connectivity index (χ3v) is 3.29. The number of carboxylic acids is 1. The Labute approximate surface area is 129 Å². The molecule has 0 radical (unpaired) electrons. The second-order valence-electron chi connectivity index (χ2n) is 4.88. The smallest absolute Gasteiger partial charge is 0.326 e. The SMILES string of the molecule is C=Cc1ccc(C(=O)N[C@@H](Cc2ccccc2)C(=O)O)cc1. The van der Waals surface area contributed by atoms with Crippen LogP contribution in [0.1, 0.15) is 21.5 Å². The summed E-state index contributed by atoms with van der Waals surface area (Å²) in [7, 11) is 0. The van der Waals surface area contributed by atoms with Crippen LogP contribution in [0.25, 0.3) is 6.08 Å². The van der Waals surface area contributed by atoms with Crippen LogP contribution in [0, 0.1) is 0 Å². The fraction of sp³-hybridized carbons (Fsp3) is 0.111. The molecule has 1 amide bonds. The van der Waals surface area contributed by atoms with Gasteiger partial charge in [0.25, 0.3) is 5.91 Å². The lowest BCUT2D eigenvalue weighted by Gasteiger charge is -2.14. The standard InChI is InChI=1S/C18H17NO3/c1-2-13-8-10-15(11-9-13)17(20)19-16(18(21)22)12-14-6-4-3-5-7-14/h2-11,16H,1,12H2,(H,19,20)(H,21,22)/t16-/m0/s1. The van der Waals surface area contributed by atoms with Crippen molar-refractivity contribution in [3.05, 3.63) is 77.9 Å². The molecule has 112 valence electrons. The average molecular weight is 295 g/mol. The van der Waals surface area contributed by atoms with Gasteiger partial charge in [-0.15, -0.1) is 0 Å². The van der Waals surface area contributed by atoms with Crippen molar-refractivity contribution in [2.75, 3.05) is 0 Å². The van der Waals surface area contributed by atoms with Gasteiger partial charge in [-0.25, -0.2) is 4.79 Å². The second kappa shape index (κ2) is 7.22. The molecule has 22 heavy (non-hydrogen) atoms. The van der Waals surface area contributed by atoms with Crippen LogP contribution < -0.4 is 5.32 Å². The van der Waals surface area contributed by atoms with Crippen LogP contribution in [0.2, 0.25) is 0 Å². The molecular formula is C18H17NO3. The Bertz CT molecular complexity index is 662. The Morgan fingerprint density at radius 2 is 1.73 bits per heavy atom. The molecule has 2 aromatic rings. The van der Waals surface area contributed by atoms with Gasteiger partial charge >= 0.3 is 5.97 Å². The minimum Gasteiger partial charge on any atom is -0.480 e. The van der Waals surface area contributed by atoms with E-state index in [-0.39, 0.29) is 6.42 Å². The van der Waals surface area contributed by atoms with E-state index in [4.69, 9.17) is 0 Å². The fourth-order valence-electron chi connectivity index (χ4n) is 2.06. The van der Waals surface area contributed by atoms with Gasteiger partial charge < -0.3 is 10.4 Å². The zero-order chi connectivity index (χ0) is 15.9. The molecule has 0 spiro atoms. The van der Waals surface area contributed by atoms with Crippen molar-refractivity contribution in [3.63, 3.8) is 0 Å². The highest BCUT2D eigenvalue weighted by atomic mass is 16.4. The monoisotopic (exact) mass is 295 g/mol. The minimum absolute atomic E-state index is 0.243. The van der Waals surface area contributed by atoms with Gasteiger partial charge in [-0.05, 0) is 23.3 Å². The van der Waals surface area contributed by atoms with Crippen molar-refractivity contribution in [2.45, 2.75) is 12.5 Å². The van der Waals surface area contributed by atoms with Gasteiger partial charge in [0.15, 0.2) is 0 Å². The van der Waals surface area contributed by atoms with Crippen LogP contribution in [0.5, 0.6) is 0 Å². The molecule has 0 bridgehead atoms. The van der Waals surface area contributed by atoms with Crippen molar-refractivity contribution >= 4 is 18.0 Å². The molecule has 4 heteroatoms. The van der Waals surface area contributed by atoms with Crippen molar-refractivity contribution in [1.29, 1.82) is 0 Å². The van der Waals surface area contributed by atoms with Crippen LogP contribution >= 0.6 is 0 Å². The summed E-state index contributed by atoms with van der Waals surface area (Å²) in [6.45, 7) is 3.65. The number of aliphatic carboxylic acids is 1. The highest BCUT2D eigenvalue weighted by Crippen LogP contribution is 2.08. The van der Waals surface area contributed by atoms with Crippen LogP contribution in [0.15, 0.2) is 61.2 Å². The first-order valence-corrected chi connectivity index (χ1v) is 6.90. The van der Waals surface area contributed by atoms with Gasteiger partial charge in [0.2, 0.25) is 0 Å². The molecule has 0 fully saturated rings. The Morgan fingerprint density at radius 3 is 2.27 bits per heavy atom. The highest BCUT2D eigenvalue weighted by molar-refractivity contribution is 5.96. The van der Waals surface area contributed by atoms with Gasteiger partial charge in [-0.3, -0.25) is 4.79 Å². The summed E-state index contributed by atoms with van der Waals surface area (Å²) >= 11 is 0. The third-order valence-electron chi connectivity index (χ3n) is 3.29. The summed E-state index contributed by atoms with van der Waals surface area (Å²) in [5.41, 5.74) is 2.18. The molecule has 0 aliphatic carbocycles. The van der Waals surface area contributed by atoms with E-state index in [2.05, 4.69) is 11.9 Å². The molecule has 0 saturated carbocycles. The zero-order valence-electron chi connectivity index (χ0n) is 12.0. The van der Waals surface area contributed by atoms with Crippen molar-refractivity contribution in [2.24, 2.45) is 0 Å². The lowest BCUT2D eigenvalue weighted by atomic mass is 10.1. The lowest BCUT2D eigenvalue weighted by Crippen LogP contribution is -2.42. The number of hydrogen-bond acceptors (Lipinski definition) is 2. The van der Waals surface area contributed by atoms with E-state index in [1.165, 1.54) is 0 Å². The summed E-state index contributed by atoms with van der Waals surface area (Å²) < 4.78 is 0. The van der Waals surface area contributed by atoms with E-state index in [0.29, 0.717) is 5.56 Å². The van der Waals surface area contributed by atoms with E-state index in [1.807, 2.05) is 30.3 Å². The predicted octanol–water partition coefficient (Wildman–Crippen LogP) is 2.76. The number of amides is 1. The lowest BCUT2D eigenvalue weighted by molar-refractivity contribution is -0.139. The van der Waals surface area contributed by atoms with Crippen LogP contribution in [-0.4, -0.2) is 23.0 Å². The summed E-state index contributed by atoms with van der Waals surface area (Å²) in [6, 6.07) is 15.1. The maximum absolute atomic E-state index is 12.1. The second-order valence-corrected chi connectivity index (χ2v) is 4.88. The summed E-state index contributed by atoms with van der Waals surface area (Å²) in [5.74, 6) is -1.46. The molecule has 0 unspecified atom stereocenters. The molecule has 1 atom stereocenters. The van der Waals surface area contributed by atoms with Gasteiger partial charge in [0.1, 0.15) is 6.04 Å². The largest absolute Gasteiger partial charge is 0.480 e. The number of benzene rings is 2. The van der Waals surface area contributed by atoms with Gasteiger partial charge in [-0.1, -0.05) is 55.1 Å². The van der Waals surface area contributed by atoms with E-state index < -0.39 is 17.9 Å². The fourth-order valence-corrected chi connectivity index (χ4v) is 2.06. The first-order chi connectivity index (χ1) is 10.6. The zero-order valence-corrected chi connectivity index (χ0v) is 12.0. The van der Waals surface area contributed by atoms with E-state index in [0.717, 1.165) is 11.1 Å². The Morgan fingerprint density at radius 1 is 1.09 bits per heavy atom. The van der Waals surface area contributed by atoms with Crippen molar-refractivity contribution in [1.82, 2.24) is 5.32 Å². The van der Waals surface area contributed by atoms with Crippen LogP contribution in [-0.2, 0) is 11.2 Å². The van der Waals surface area contributed by atoms with Crippen LogP contribution in [0.3, 0.4) is 0 Å². The quantitative estimate of drug-likeness (QED) is 0.861. The number of carboxylic acid groups (broad SMARTS) is 1. The molecule has 0 aromatic heterocycles. The summed E-state index contributed by atoms with van der Waals surface area (Å²) in [6.07, 6.45) is 1.92. The van der Waals surface area contributed by atoms with Crippen molar-refractivity contribution in [3.8, 4) is 0 Å². The Kier molecular flexibility index (Phi) is 5.09. The summed E-state index contributed by atoms with van der Waals surface area (Å²) in [4.78, 5) is 23.5. The number of carbonyl (C=O) groups is 2. The van der Waals surface area contributed by atoms with Gasteiger partial charge in [0.05, 0.1) is 0 Å². The molecule has 0 heterocycles. The molecule has 2 aromatic carbocycles. The van der Waals surface area contributed by atoms with E-state index >= 15 is 0 Å². The Balaban J connectivity index is 2.08. The molecule has 2 rings (SSSR count). The maximum Gasteiger partial charge on any atom is 0.326 e. The first kappa shape index (κ1) is 15.5. The minimum atomic E-state index is -1.06. The summed E-state index contributed by atoms with van der Waals surface area (Å²) in [5, 5.41) is 11.8. The number of hydrogen-bond donors (Lipinski definition) is 2. The third kappa shape index (κ3) is 4.06. The van der Waals surface area contributed by atoms with Gasteiger partial charge in [0, 0.05) is 12.0 Å². The number of carbonyl (C=O) groups excluding carboxylic acids is 1. The van der Waals surface area contributed by atoms with Gasteiger partial charge in [-0.2, -0.15) is 0 Å². The molecule has 0 aliphatic heterocycles. The van der Waals surface area contributed by atoms with E-state index in [1.54, 1.807) is 30.3 Å². The van der Waals surface area contributed by atoms with Crippen molar-refractivity contribution < 1.29 is 14.7 Å². The topological polar surface area (TPSA) is 66.4 Å². The van der Waals surface area contributed by atoms with E-state index in [9.17, 15) is 14.7 Å². The van der Waals surface area contributed by atoms with Crippen LogP contribution in [0.4, 0.5) is 0 Å². The first-order valence-electron chi connectivity index (χ1n) is 6.90. The molecule has 4 nitrogen and oxygen atoms in total. The average Bonchev–Trinajstić information content (AvgIpc) is 2.55. The predicted molar refractivity (Wildman–Crippen MR) is 85.6 cm³/mol. The number of rotatable bonds is 6. The molecule has 0 saturated heterocycles. The maximum atomic E-state index is 12.1. The Hall–Kier alpha value is -2.88. The molecular weight excluding hydrogens is 278 g/mol. The number of nitrogens with one attached hydrogen (secondary N) is 1. The molecule has 2 N–H and O–H groups in total. The normalized spacial score (nSPS) is 11.5. The highest BCUT2D eigenvalue weighted by Gasteiger charge is 2.20.